The minimum absolute atomic E-state index is 0.0188. The number of alkyl halides is 3. The first-order chi connectivity index (χ1) is 12.5. The highest BCUT2D eigenvalue weighted by Gasteiger charge is 2.50. The van der Waals surface area contributed by atoms with E-state index in [1.807, 2.05) is 20.8 Å². The second kappa shape index (κ2) is 5.70. The zero-order valence-corrected chi connectivity index (χ0v) is 15.7. The summed E-state index contributed by atoms with van der Waals surface area (Å²) in [6, 6.07) is 0.886. The molecule has 1 N–H and O–H groups in total. The van der Waals surface area contributed by atoms with Crippen molar-refractivity contribution in [2.24, 2.45) is 5.92 Å². The van der Waals surface area contributed by atoms with Crippen molar-refractivity contribution < 1.29 is 18.0 Å². The minimum Gasteiger partial charge on any atom is -0.346 e. The molecule has 0 saturated heterocycles. The molecule has 9 heteroatoms. The second-order valence-corrected chi connectivity index (χ2v) is 8.56. The van der Waals surface area contributed by atoms with Gasteiger partial charge in [-0.15, -0.1) is 0 Å². The molecular formula is C18H18ClF3N4O. The predicted molar refractivity (Wildman–Crippen MR) is 93.1 cm³/mol. The predicted octanol–water partition coefficient (Wildman–Crippen LogP) is 4.13. The molecule has 4 rings (SSSR count). The van der Waals surface area contributed by atoms with Crippen molar-refractivity contribution in [3.8, 4) is 5.82 Å². The van der Waals surface area contributed by atoms with Crippen molar-refractivity contribution in [3.63, 3.8) is 0 Å². The van der Waals surface area contributed by atoms with Crippen molar-refractivity contribution in [3.05, 3.63) is 39.8 Å². The maximum atomic E-state index is 13.2. The maximum absolute atomic E-state index is 13.2. The molecule has 2 aromatic rings. The largest absolute Gasteiger partial charge is 0.418 e. The van der Waals surface area contributed by atoms with Gasteiger partial charge < -0.3 is 5.32 Å². The van der Waals surface area contributed by atoms with Gasteiger partial charge in [-0.25, -0.2) is 9.67 Å². The summed E-state index contributed by atoms with van der Waals surface area (Å²) in [5, 5.41) is 6.75. The molecule has 2 aromatic heterocycles. The number of aromatic nitrogens is 3. The average Bonchev–Trinajstić information content (AvgIpc) is 3.02. The van der Waals surface area contributed by atoms with Crippen molar-refractivity contribution in [1.82, 2.24) is 20.1 Å². The van der Waals surface area contributed by atoms with Crippen molar-refractivity contribution >= 4 is 17.5 Å². The van der Waals surface area contributed by atoms with Gasteiger partial charge in [0.1, 0.15) is 0 Å². The standard InChI is InChI=1S/C18H18ClF3N4O/c1-17(2,3)24-16(27)14-10-5-8-4-9(8)15(10)26(25-14)13-6-11(18(20,21)22)12(19)7-23-13/h6-9H,4-5H2,1-3H3,(H,24,27)/t8-,9-/m1/s1. The van der Waals surface area contributed by atoms with Crippen LogP contribution in [0.4, 0.5) is 13.2 Å². The summed E-state index contributed by atoms with van der Waals surface area (Å²) in [4.78, 5) is 16.7. The van der Waals surface area contributed by atoms with Gasteiger partial charge in [-0.1, -0.05) is 11.6 Å². The van der Waals surface area contributed by atoms with Crippen LogP contribution in [0.25, 0.3) is 5.82 Å². The molecule has 1 amide bonds. The number of nitrogens with one attached hydrogen (secondary N) is 1. The summed E-state index contributed by atoms with van der Waals surface area (Å²) in [6.07, 6.45) is -1.95. The molecule has 0 unspecified atom stereocenters. The zero-order chi connectivity index (χ0) is 19.7. The minimum atomic E-state index is -4.60. The Morgan fingerprint density at radius 2 is 2.04 bits per heavy atom. The number of nitrogens with zero attached hydrogens (tertiary/aromatic N) is 3. The number of halogens is 4. The molecule has 0 spiro atoms. The van der Waals surface area contributed by atoms with Crippen LogP contribution in [0.15, 0.2) is 12.3 Å². The van der Waals surface area contributed by atoms with Crippen LogP contribution in [0.5, 0.6) is 0 Å². The van der Waals surface area contributed by atoms with E-state index in [4.69, 9.17) is 11.6 Å². The van der Waals surface area contributed by atoms with E-state index in [-0.39, 0.29) is 23.3 Å². The number of carbonyl (C=O) groups is 1. The van der Waals surface area contributed by atoms with Gasteiger partial charge in [0, 0.05) is 23.2 Å². The van der Waals surface area contributed by atoms with Crippen LogP contribution >= 0.6 is 11.6 Å². The summed E-state index contributed by atoms with van der Waals surface area (Å²) in [6.45, 7) is 5.57. The molecule has 5 nitrogen and oxygen atoms in total. The molecule has 1 fully saturated rings. The van der Waals surface area contributed by atoms with E-state index in [2.05, 4.69) is 15.4 Å². The average molecular weight is 399 g/mol. The smallest absolute Gasteiger partial charge is 0.346 e. The fourth-order valence-electron chi connectivity index (χ4n) is 3.63. The number of hydrogen-bond acceptors (Lipinski definition) is 3. The van der Waals surface area contributed by atoms with Gasteiger partial charge in [-0.2, -0.15) is 18.3 Å². The quantitative estimate of drug-likeness (QED) is 0.827. The second-order valence-electron chi connectivity index (χ2n) is 8.15. The number of rotatable bonds is 2. The lowest BCUT2D eigenvalue weighted by atomic mass is 10.1. The normalized spacial score (nSPS) is 21.0. The number of fused-ring (bicyclic) bond motifs is 3. The Morgan fingerprint density at radius 1 is 1.33 bits per heavy atom. The van der Waals surface area contributed by atoms with Gasteiger partial charge in [-0.3, -0.25) is 4.79 Å². The van der Waals surface area contributed by atoms with Crippen LogP contribution in [0.1, 0.15) is 60.4 Å². The fraction of sp³-hybridized carbons (Fsp3) is 0.500. The van der Waals surface area contributed by atoms with Gasteiger partial charge in [0.2, 0.25) is 0 Å². The Hall–Kier alpha value is -2.09. The third kappa shape index (κ3) is 3.20. The van der Waals surface area contributed by atoms with Crippen LogP contribution < -0.4 is 5.32 Å². The molecule has 0 radical (unpaired) electrons. The molecule has 2 atom stereocenters. The number of amides is 1. The van der Waals surface area contributed by atoms with E-state index < -0.39 is 22.3 Å². The van der Waals surface area contributed by atoms with Crippen LogP contribution in [-0.4, -0.2) is 26.2 Å². The summed E-state index contributed by atoms with van der Waals surface area (Å²) < 4.78 is 41.0. The maximum Gasteiger partial charge on any atom is 0.418 e. The molecule has 0 aromatic carbocycles. The van der Waals surface area contributed by atoms with E-state index in [0.29, 0.717) is 12.3 Å². The first kappa shape index (κ1) is 18.3. The molecule has 1 saturated carbocycles. The molecular weight excluding hydrogens is 381 g/mol. The molecule has 2 aliphatic rings. The van der Waals surface area contributed by atoms with E-state index >= 15 is 0 Å². The van der Waals surface area contributed by atoms with Gasteiger partial charge in [0.25, 0.3) is 5.91 Å². The number of hydrogen-bond donors (Lipinski definition) is 1. The lowest BCUT2D eigenvalue weighted by molar-refractivity contribution is -0.137. The van der Waals surface area contributed by atoms with Gasteiger partial charge in [0.05, 0.1) is 16.3 Å². The lowest BCUT2D eigenvalue weighted by Gasteiger charge is -2.20. The Bertz CT molecular complexity index is 945. The van der Waals surface area contributed by atoms with Crippen molar-refractivity contribution in [1.29, 1.82) is 0 Å². The molecule has 27 heavy (non-hydrogen) atoms. The first-order valence-electron chi connectivity index (χ1n) is 8.63. The van der Waals surface area contributed by atoms with Crippen LogP contribution in [-0.2, 0) is 12.6 Å². The number of carbonyl (C=O) groups excluding carboxylic acids is 1. The molecule has 2 aliphatic carbocycles. The summed E-state index contributed by atoms with van der Waals surface area (Å²) in [5.41, 5.74) is 0.448. The highest BCUT2D eigenvalue weighted by Crippen LogP contribution is 2.57. The van der Waals surface area contributed by atoms with Crippen molar-refractivity contribution in [2.45, 2.75) is 51.2 Å². The lowest BCUT2D eigenvalue weighted by Crippen LogP contribution is -2.41. The van der Waals surface area contributed by atoms with Gasteiger partial charge in [0.15, 0.2) is 11.5 Å². The first-order valence-corrected chi connectivity index (χ1v) is 9.01. The van der Waals surface area contributed by atoms with E-state index in [1.54, 1.807) is 0 Å². The van der Waals surface area contributed by atoms with Crippen LogP contribution in [0, 0.1) is 5.92 Å². The number of pyridine rings is 1. The van der Waals surface area contributed by atoms with Crippen LogP contribution in [0.3, 0.4) is 0 Å². The SMILES string of the molecule is CC(C)(C)NC(=O)c1nn(-c2cc(C(F)(F)F)c(Cl)cn2)c2c1C[C@H]1C[C@@H]21. The Kier molecular flexibility index (Phi) is 3.86. The molecule has 144 valence electrons. The van der Waals surface area contributed by atoms with Crippen molar-refractivity contribution in [2.75, 3.05) is 0 Å². The van der Waals surface area contributed by atoms with Crippen LogP contribution in [0.2, 0.25) is 5.02 Å². The topological polar surface area (TPSA) is 59.8 Å². The Labute approximate surface area is 158 Å². The molecule has 0 aliphatic heterocycles. The Morgan fingerprint density at radius 3 is 2.67 bits per heavy atom. The molecule has 0 bridgehead atoms. The highest BCUT2D eigenvalue weighted by molar-refractivity contribution is 6.31. The summed E-state index contributed by atoms with van der Waals surface area (Å²) >= 11 is 5.67. The molecule has 2 heterocycles. The summed E-state index contributed by atoms with van der Waals surface area (Å²) in [7, 11) is 0. The third-order valence-electron chi connectivity index (χ3n) is 4.83. The zero-order valence-electron chi connectivity index (χ0n) is 15.0. The highest BCUT2D eigenvalue weighted by atomic mass is 35.5. The third-order valence-corrected chi connectivity index (χ3v) is 5.13. The van der Waals surface area contributed by atoms with E-state index in [9.17, 15) is 18.0 Å². The monoisotopic (exact) mass is 398 g/mol. The van der Waals surface area contributed by atoms with E-state index in [0.717, 1.165) is 29.9 Å². The van der Waals surface area contributed by atoms with Gasteiger partial charge in [-0.05, 0) is 45.6 Å². The van der Waals surface area contributed by atoms with E-state index in [1.165, 1.54) is 4.68 Å². The fourth-order valence-corrected chi connectivity index (χ4v) is 3.84. The summed E-state index contributed by atoms with van der Waals surface area (Å²) in [5.74, 6) is 0.337. The van der Waals surface area contributed by atoms with Gasteiger partial charge >= 0.3 is 6.18 Å². The Balaban J connectivity index is 1.81.